The highest BCUT2D eigenvalue weighted by atomic mass is 35.5. The number of anilines is 1. The Morgan fingerprint density at radius 3 is 2.46 bits per heavy atom. The maximum atomic E-state index is 14.3. The molecule has 0 bridgehead atoms. The molecule has 2 aliphatic carbocycles. The monoisotopic (exact) mass is 580 g/mol. The molecule has 2 saturated heterocycles. The third-order valence-electron chi connectivity index (χ3n) is 9.35. The molecular weight excluding hydrogens is 555 g/mol. The number of methoxy groups -OCH3 is 1. The number of rotatable bonds is 2. The van der Waals surface area contributed by atoms with Crippen LogP contribution in [0.25, 0.3) is 0 Å². The summed E-state index contributed by atoms with van der Waals surface area (Å²) in [5, 5.41) is 9.99. The summed E-state index contributed by atoms with van der Waals surface area (Å²) in [7, 11) is 1.09. The number of aryl methyl sites for hydroxylation is 1. The molecule has 9 nitrogen and oxygen atoms in total. The number of amides is 5. The lowest BCUT2D eigenvalue weighted by Crippen LogP contribution is -2.49. The lowest BCUT2D eigenvalue weighted by molar-refractivity contribution is -0.138. The number of likely N-dealkylation sites (tertiary alicyclic amines) is 1. The molecule has 0 radical (unpaired) electrons. The number of carbonyl (C=O) groups excluding carboxylic acids is 5. The molecule has 212 valence electrons. The second-order valence-corrected chi connectivity index (χ2v) is 11.7. The van der Waals surface area contributed by atoms with Gasteiger partial charge in [-0.2, -0.15) is 4.90 Å². The quantitative estimate of drug-likeness (QED) is 0.410. The fourth-order valence-corrected chi connectivity index (χ4v) is 7.57. The number of fused-ring (bicyclic) bond motifs is 4. The zero-order valence-electron chi connectivity index (χ0n) is 22.4. The Labute approximate surface area is 239 Å². The lowest BCUT2D eigenvalue weighted by atomic mass is 9.51. The van der Waals surface area contributed by atoms with Crippen LogP contribution in [0.3, 0.4) is 0 Å². The van der Waals surface area contributed by atoms with Crippen molar-refractivity contribution in [3.63, 3.8) is 0 Å². The molecule has 11 heteroatoms. The van der Waals surface area contributed by atoms with Crippen LogP contribution >= 0.6 is 11.6 Å². The molecule has 3 fully saturated rings. The summed E-state index contributed by atoms with van der Waals surface area (Å²) in [5.41, 5.74) is 0.750. The third kappa shape index (κ3) is 3.62. The predicted molar refractivity (Wildman–Crippen MR) is 143 cm³/mol. The van der Waals surface area contributed by atoms with Gasteiger partial charge in [-0.15, -0.1) is 0 Å². The predicted octanol–water partition coefficient (Wildman–Crippen LogP) is 4.49. The van der Waals surface area contributed by atoms with Gasteiger partial charge in [-0.3, -0.25) is 19.2 Å². The molecule has 2 aromatic carbocycles. The van der Waals surface area contributed by atoms with Crippen molar-refractivity contribution in [1.29, 1.82) is 0 Å². The minimum atomic E-state index is -1.32. The number of ether oxygens (including phenoxy) is 1. The Kier molecular flexibility index (Phi) is 6.11. The fourth-order valence-electron chi connectivity index (χ4n) is 7.40. The normalized spacial score (nSPS) is 30.7. The van der Waals surface area contributed by atoms with E-state index in [1.807, 2.05) is 6.08 Å². The highest BCUT2D eigenvalue weighted by Crippen LogP contribution is 2.63. The second kappa shape index (κ2) is 9.24. The van der Waals surface area contributed by atoms with Crippen molar-refractivity contribution >= 4 is 47.0 Å². The van der Waals surface area contributed by atoms with Crippen LogP contribution in [0, 0.1) is 41.8 Å². The van der Waals surface area contributed by atoms with Gasteiger partial charge >= 0.3 is 6.09 Å². The van der Waals surface area contributed by atoms with Gasteiger partial charge in [0.1, 0.15) is 11.6 Å². The standard InChI is InChI=1S/C30H26ClFN2O7/c1-13-10-14(4-9-22(13)35)24-16-6-7-17-23(27(38)34(25(17)36)29(40)41-3)18(16)12-19-26(37)33(28(39)30(19,24)2)15-5-8-21(32)20(31)11-15/h4-6,8-11,17-19,23-24,35H,7,12H2,1-3H3/t17-,18+,19-,23-,24-,30+/m0/s1. The van der Waals surface area contributed by atoms with Gasteiger partial charge in [-0.1, -0.05) is 35.4 Å². The molecule has 5 amide bonds. The summed E-state index contributed by atoms with van der Waals surface area (Å²) in [6.07, 6.45) is 1.04. The average molecular weight is 581 g/mol. The van der Waals surface area contributed by atoms with Crippen LogP contribution < -0.4 is 4.90 Å². The first kappa shape index (κ1) is 27.1. The van der Waals surface area contributed by atoms with E-state index in [4.69, 9.17) is 16.3 Å². The summed E-state index contributed by atoms with van der Waals surface area (Å²) >= 11 is 6.00. The Hall–Kier alpha value is -4.05. The van der Waals surface area contributed by atoms with Crippen molar-refractivity contribution in [1.82, 2.24) is 4.90 Å². The first-order valence-corrected chi connectivity index (χ1v) is 13.6. The zero-order chi connectivity index (χ0) is 29.5. The van der Waals surface area contributed by atoms with Gasteiger partial charge in [-0.25, -0.2) is 14.1 Å². The number of hydrogen-bond donors (Lipinski definition) is 1. The molecule has 2 aromatic rings. The van der Waals surface area contributed by atoms with E-state index in [-0.39, 0.29) is 29.3 Å². The number of carbonyl (C=O) groups is 5. The van der Waals surface area contributed by atoms with Gasteiger partial charge in [-0.05, 0) is 68.0 Å². The molecule has 2 heterocycles. The van der Waals surface area contributed by atoms with E-state index >= 15 is 0 Å². The van der Waals surface area contributed by atoms with Crippen molar-refractivity contribution in [3.8, 4) is 5.75 Å². The first-order valence-electron chi connectivity index (χ1n) is 13.2. The Morgan fingerprint density at radius 2 is 1.80 bits per heavy atom. The summed E-state index contributed by atoms with van der Waals surface area (Å²) in [5.74, 6) is -6.95. The molecule has 6 rings (SSSR count). The van der Waals surface area contributed by atoms with Crippen molar-refractivity contribution < 1.29 is 38.2 Å². The molecule has 0 aromatic heterocycles. The number of phenolic OH excluding ortho intramolecular Hbond substituents is 1. The molecule has 1 N–H and O–H groups in total. The number of allylic oxidation sites excluding steroid dienone is 2. The highest BCUT2D eigenvalue weighted by Gasteiger charge is 2.68. The highest BCUT2D eigenvalue weighted by molar-refractivity contribution is 6.31. The summed E-state index contributed by atoms with van der Waals surface area (Å²) < 4.78 is 18.7. The average Bonchev–Trinajstić information content (AvgIpc) is 3.31. The van der Waals surface area contributed by atoms with Gasteiger partial charge in [0.25, 0.3) is 0 Å². The minimum absolute atomic E-state index is 0.0576. The van der Waals surface area contributed by atoms with E-state index in [0.29, 0.717) is 16.0 Å². The topological polar surface area (TPSA) is 121 Å². The summed E-state index contributed by atoms with van der Waals surface area (Å²) in [4.78, 5) is 69.0. The molecule has 4 aliphatic rings. The summed E-state index contributed by atoms with van der Waals surface area (Å²) in [6.45, 7) is 3.42. The molecule has 6 atom stereocenters. The Morgan fingerprint density at radius 1 is 1.07 bits per heavy atom. The van der Waals surface area contributed by atoms with Gasteiger partial charge in [0.2, 0.25) is 23.6 Å². The van der Waals surface area contributed by atoms with Crippen LogP contribution in [0.2, 0.25) is 5.02 Å². The molecule has 1 saturated carbocycles. The van der Waals surface area contributed by atoms with Crippen molar-refractivity contribution in [3.05, 3.63) is 70.0 Å². The van der Waals surface area contributed by atoms with Crippen molar-refractivity contribution in [2.24, 2.45) is 29.1 Å². The Bertz CT molecular complexity index is 1610. The van der Waals surface area contributed by atoms with E-state index in [2.05, 4.69) is 0 Å². The van der Waals surface area contributed by atoms with Crippen LogP contribution in [-0.4, -0.2) is 46.8 Å². The van der Waals surface area contributed by atoms with Crippen LogP contribution in [0.4, 0.5) is 14.9 Å². The molecule has 2 aliphatic heterocycles. The Balaban J connectivity index is 1.52. The smallest absolute Gasteiger partial charge is 0.423 e. The third-order valence-corrected chi connectivity index (χ3v) is 9.64. The van der Waals surface area contributed by atoms with E-state index in [1.165, 1.54) is 18.2 Å². The van der Waals surface area contributed by atoms with Crippen LogP contribution in [-0.2, 0) is 23.9 Å². The SMILES string of the molecule is COC(=O)N1C(=O)[C@H]2[C@H](CC=C3[C@H]2C[C@H]2C(=O)N(c4ccc(F)c(Cl)c4)C(=O)[C@@]2(C)[C@H]3c2ccc(O)c(C)c2)C1=O. The number of halogens is 2. The number of benzene rings is 2. The molecular formula is C30H26ClFN2O7. The number of nitrogens with zero attached hydrogens (tertiary/aromatic N) is 2. The van der Waals surface area contributed by atoms with Crippen molar-refractivity contribution in [2.75, 3.05) is 12.0 Å². The van der Waals surface area contributed by atoms with Crippen LogP contribution in [0.15, 0.2) is 48.0 Å². The van der Waals surface area contributed by atoms with Gasteiger partial charge in [0.05, 0.1) is 41.0 Å². The van der Waals surface area contributed by atoms with Crippen molar-refractivity contribution in [2.45, 2.75) is 32.6 Å². The van der Waals surface area contributed by atoms with Gasteiger partial charge in [0.15, 0.2) is 0 Å². The molecule has 41 heavy (non-hydrogen) atoms. The molecule has 0 spiro atoms. The lowest BCUT2D eigenvalue weighted by Gasteiger charge is -2.49. The maximum absolute atomic E-state index is 14.3. The number of imide groups is 4. The molecule has 0 unspecified atom stereocenters. The van der Waals surface area contributed by atoms with E-state index in [1.54, 1.807) is 26.0 Å². The largest absolute Gasteiger partial charge is 0.508 e. The summed E-state index contributed by atoms with van der Waals surface area (Å²) in [6, 6.07) is 8.56. The fraction of sp³-hybridized carbons (Fsp3) is 0.367. The number of phenols is 1. The number of hydrogen-bond acceptors (Lipinski definition) is 7. The van der Waals surface area contributed by atoms with E-state index in [9.17, 15) is 33.5 Å². The number of aromatic hydroxyl groups is 1. The van der Waals surface area contributed by atoms with Crippen LogP contribution in [0.5, 0.6) is 5.75 Å². The second-order valence-electron chi connectivity index (χ2n) is 11.3. The minimum Gasteiger partial charge on any atom is -0.508 e. The van der Waals surface area contributed by atoms with Crippen LogP contribution in [0.1, 0.15) is 36.8 Å². The zero-order valence-corrected chi connectivity index (χ0v) is 23.1. The maximum Gasteiger partial charge on any atom is 0.423 e. The van der Waals surface area contributed by atoms with Gasteiger partial charge in [0, 0.05) is 5.92 Å². The van der Waals surface area contributed by atoms with Gasteiger partial charge < -0.3 is 9.84 Å². The first-order chi connectivity index (χ1) is 19.4. The van der Waals surface area contributed by atoms with E-state index in [0.717, 1.165) is 23.6 Å². The van der Waals surface area contributed by atoms with E-state index < -0.39 is 70.5 Å².